The van der Waals surface area contributed by atoms with E-state index >= 15 is 0 Å². The van der Waals surface area contributed by atoms with Crippen molar-refractivity contribution in [1.29, 1.82) is 0 Å². The van der Waals surface area contributed by atoms with Gasteiger partial charge < -0.3 is 9.47 Å². The van der Waals surface area contributed by atoms with Gasteiger partial charge in [-0.05, 0) is 93.8 Å². The van der Waals surface area contributed by atoms with Crippen LogP contribution in [0, 0.1) is 0 Å². The highest BCUT2D eigenvalue weighted by Gasteiger charge is 2.34. The lowest BCUT2D eigenvalue weighted by molar-refractivity contribution is -0.157. The second kappa shape index (κ2) is 14.0. The van der Waals surface area contributed by atoms with Gasteiger partial charge in [0.05, 0.1) is 5.56 Å². The molecule has 0 unspecified atom stereocenters. The molecular weight excluding hydrogens is 513 g/mol. The summed E-state index contributed by atoms with van der Waals surface area (Å²) in [6.45, 7) is 10.1. The fraction of sp³-hybridized carbons (Fsp3) is 0.519. The SMILES string of the molecule is CC.CC(C)(C)OC(=O)COc1cccc2c1CCCC2.CC(F)(F)c1cc(SN)cc(C(F)(F)F)c1. The second-order valence-corrected chi connectivity index (χ2v) is 9.93. The minimum atomic E-state index is -4.66. The third-order valence-electron chi connectivity index (χ3n) is 5.00. The number of hydrogen-bond donors (Lipinski definition) is 1. The van der Waals surface area contributed by atoms with Crippen LogP contribution in [0.4, 0.5) is 22.0 Å². The molecule has 0 spiro atoms. The van der Waals surface area contributed by atoms with Crippen molar-refractivity contribution in [3.8, 4) is 5.75 Å². The minimum Gasteiger partial charge on any atom is -0.482 e. The number of alkyl halides is 5. The normalized spacial score (nSPS) is 13.3. The van der Waals surface area contributed by atoms with Crippen LogP contribution in [0.15, 0.2) is 41.3 Å². The Bertz CT molecular complexity index is 982. The van der Waals surface area contributed by atoms with E-state index in [1.807, 2.05) is 46.8 Å². The summed E-state index contributed by atoms with van der Waals surface area (Å²) in [7, 11) is 0. The summed E-state index contributed by atoms with van der Waals surface area (Å²) < 4.78 is 73.9. The summed E-state index contributed by atoms with van der Waals surface area (Å²) in [6.07, 6.45) is -0.0765. The van der Waals surface area contributed by atoms with Gasteiger partial charge in [-0.3, -0.25) is 5.14 Å². The third kappa shape index (κ3) is 11.3. The predicted molar refractivity (Wildman–Crippen MR) is 137 cm³/mol. The van der Waals surface area contributed by atoms with Gasteiger partial charge in [0.1, 0.15) is 11.4 Å². The molecule has 0 heterocycles. The molecule has 1 aliphatic carbocycles. The maximum atomic E-state index is 12.9. The standard InChI is InChI=1S/C16H22O3.C9H8F5NS.C2H6/c1-16(2,3)19-15(17)11-18-14-10-6-8-12-7-4-5-9-13(12)14;1-8(10,11)5-2-6(9(12,13)14)4-7(3-5)16-15;1-2/h6,8,10H,4-5,7,9,11H2,1-3H3;2-4H,15H2,1H3;1-2H3. The van der Waals surface area contributed by atoms with E-state index in [2.05, 4.69) is 6.07 Å². The zero-order valence-corrected chi connectivity index (χ0v) is 22.9. The lowest BCUT2D eigenvalue weighted by atomic mass is 9.91. The number of carbonyl (C=O) groups is 1. The van der Waals surface area contributed by atoms with Gasteiger partial charge in [-0.1, -0.05) is 26.0 Å². The first-order valence-corrected chi connectivity index (χ1v) is 12.9. The van der Waals surface area contributed by atoms with Crippen LogP contribution in [0.3, 0.4) is 0 Å². The Balaban J connectivity index is 0.000000352. The van der Waals surface area contributed by atoms with Crippen LogP contribution in [0.25, 0.3) is 0 Å². The van der Waals surface area contributed by atoms with E-state index in [0.717, 1.165) is 30.7 Å². The van der Waals surface area contributed by atoms with Crippen molar-refractivity contribution in [2.45, 2.75) is 89.8 Å². The van der Waals surface area contributed by atoms with Crippen LogP contribution in [-0.4, -0.2) is 18.2 Å². The number of benzene rings is 2. The molecule has 0 bridgehead atoms. The molecule has 1 aliphatic rings. The first-order chi connectivity index (χ1) is 17.1. The Morgan fingerprint density at radius 2 is 1.54 bits per heavy atom. The molecule has 0 saturated heterocycles. The largest absolute Gasteiger partial charge is 0.482 e. The molecule has 2 aromatic rings. The molecule has 4 nitrogen and oxygen atoms in total. The molecule has 0 radical (unpaired) electrons. The maximum absolute atomic E-state index is 12.9. The number of carbonyl (C=O) groups excluding carboxylic acids is 1. The van der Waals surface area contributed by atoms with Crippen molar-refractivity contribution in [3.05, 3.63) is 58.7 Å². The highest BCUT2D eigenvalue weighted by molar-refractivity contribution is 7.97. The number of rotatable bonds is 5. The van der Waals surface area contributed by atoms with E-state index in [1.54, 1.807) is 0 Å². The third-order valence-corrected chi connectivity index (χ3v) is 5.50. The zero-order chi connectivity index (χ0) is 28.4. The highest BCUT2D eigenvalue weighted by Crippen LogP contribution is 2.36. The average Bonchev–Trinajstić information content (AvgIpc) is 2.82. The molecule has 0 aliphatic heterocycles. The van der Waals surface area contributed by atoms with Crippen molar-refractivity contribution >= 4 is 17.9 Å². The van der Waals surface area contributed by atoms with Gasteiger partial charge in [-0.2, -0.15) is 13.2 Å². The maximum Gasteiger partial charge on any atom is 0.416 e. The van der Waals surface area contributed by atoms with Gasteiger partial charge >= 0.3 is 12.1 Å². The van der Waals surface area contributed by atoms with Gasteiger partial charge in [0, 0.05) is 17.4 Å². The van der Waals surface area contributed by atoms with E-state index in [9.17, 15) is 26.7 Å². The topological polar surface area (TPSA) is 61.5 Å². The summed E-state index contributed by atoms with van der Waals surface area (Å²) >= 11 is 0.496. The molecule has 0 atom stereocenters. The summed E-state index contributed by atoms with van der Waals surface area (Å²) in [6, 6.07) is 8.19. The smallest absolute Gasteiger partial charge is 0.416 e. The van der Waals surface area contributed by atoms with Crippen LogP contribution >= 0.6 is 11.9 Å². The summed E-state index contributed by atoms with van der Waals surface area (Å²) in [5.74, 6) is -2.81. The van der Waals surface area contributed by atoms with Crippen LogP contribution < -0.4 is 9.88 Å². The lowest BCUT2D eigenvalue weighted by Crippen LogP contribution is -2.27. The molecule has 208 valence electrons. The van der Waals surface area contributed by atoms with Crippen LogP contribution in [0.2, 0.25) is 0 Å². The quantitative estimate of drug-likeness (QED) is 0.232. The molecular formula is C27H36F5NO3S. The molecule has 0 amide bonds. The van der Waals surface area contributed by atoms with Crippen molar-refractivity contribution in [3.63, 3.8) is 0 Å². The molecule has 0 aromatic heterocycles. The molecule has 0 fully saturated rings. The van der Waals surface area contributed by atoms with Gasteiger partial charge in [-0.25, -0.2) is 13.6 Å². The average molecular weight is 550 g/mol. The number of esters is 1. The van der Waals surface area contributed by atoms with E-state index in [4.69, 9.17) is 14.6 Å². The van der Waals surface area contributed by atoms with E-state index in [0.29, 0.717) is 24.9 Å². The highest BCUT2D eigenvalue weighted by atomic mass is 32.2. The first-order valence-electron chi connectivity index (χ1n) is 12.0. The molecule has 37 heavy (non-hydrogen) atoms. The Hall–Kier alpha value is -2.33. The van der Waals surface area contributed by atoms with E-state index < -0.39 is 28.8 Å². The van der Waals surface area contributed by atoms with E-state index in [-0.39, 0.29) is 17.5 Å². The monoisotopic (exact) mass is 549 g/mol. The van der Waals surface area contributed by atoms with Gasteiger partial charge in [0.2, 0.25) is 0 Å². The van der Waals surface area contributed by atoms with Gasteiger partial charge in [0.25, 0.3) is 5.92 Å². The Labute approximate surface area is 220 Å². The van der Waals surface area contributed by atoms with E-state index in [1.165, 1.54) is 24.0 Å². The fourth-order valence-electron chi connectivity index (χ4n) is 3.47. The van der Waals surface area contributed by atoms with Crippen molar-refractivity contribution < 1.29 is 36.2 Å². The number of aryl methyl sites for hydroxylation is 1. The molecule has 3 rings (SSSR count). The van der Waals surface area contributed by atoms with Crippen LogP contribution in [-0.2, 0) is 34.5 Å². The number of halogens is 5. The van der Waals surface area contributed by atoms with Gasteiger partial charge in [0.15, 0.2) is 6.61 Å². The van der Waals surface area contributed by atoms with Crippen LogP contribution in [0.5, 0.6) is 5.75 Å². The molecule has 2 aromatic carbocycles. The number of fused-ring (bicyclic) bond motifs is 1. The summed E-state index contributed by atoms with van der Waals surface area (Å²) in [4.78, 5) is 11.6. The molecule has 0 saturated carbocycles. The Kier molecular flexibility index (Phi) is 12.4. The van der Waals surface area contributed by atoms with Crippen molar-refractivity contribution in [1.82, 2.24) is 0 Å². The lowest BCUT2D eigenvalue weighted by Gasteiger charge is -2.21. The minimum absolute atomic E-state index is 0.0201. The fourth-order valence-corrected chi connectivity index (χ4v) is 3.86. The summed E-state index contributed by atoms with van der Waals surface area (Å²) in [5.41, 5.74) is 0.330. The molecule has 10 heteroatoms. The molecule has 2 N–H and O–H groups in total. The number of hydrogen-bond acceptors (Lipinski definition) is 5. The first kappa shape index (κ1) is 32.7. The van der Waals surface area contributed by atoms with Crippen molar-refractivity contribution in [2.24, 2.45) is 5.14 Å². The summed E-state index contributed by atoms with van der Waals surface area (Å²) in [5, 5.41) is 5.08. The number of ether oxygens (including phenoxy) is 2. The zero-order valence-electron chi connectivity index (χ0n) is 22.1. The van der Waals surface area contributed by atoms with Gasteiger partial charge in [-0.15, -0.1) is 0 Å². The number of nitrogens with two attached hydrogens (primary N) is 1. The Morgan fingerprint density at radius 1 is 0.946 bits per heavy atom. The van der Waals surface area contributed by atoms with Crippen molar-refractivity contribution in [2.75, 3.05) is 6.61 Å². The van der Waals surface area contributed by atoms with Crippen LogP contribution in [0.1, 0.15) is 76.6 Å². The Morgan fingerprint density at radius 3 is 2.08 bits per heavy atom. The second-order valence-electron chi connectivity index (χ2n) is 9.23. The predicted octanol–water partition coefficient (Wildman–Crippen LogP) is 8.10.